The molecule has 1 aliphatic carbocycles. The van der Waals surface area contributed by atoms with Crippen molar-refractivity contribution in [1.29, 1.82) is 0 Å². The number of rotatable bonds is 8. The molecular weight excluding hydrogens is 224 g/mol. The number of unbranched alkanes of at least 4 members (excludes halogenated alkanes) is 4. The number of hydrogen-bond acceptors (Lipinski definition) is 2. The second-order valence-corrected chi connectivity index (χ2v) is 5.70. The molecule has 2 heteroatoms. The monoisotopic (exact) mass is 252 g/mol. The lowest BCUT2D eigenvalue weighted by atomic mass is 9.76. The minimum absolute atomic E-state index is 0.207. The van der Waals surface area contributed by atoms with Gasteiger partial charge in [0, 0.05) is 12.8 Å². The Balaban J connectivity index is 2.28. The van der Waals surface area contributed by atoms with Gasteiger partial charge >= 0.3 is 0 Å². The van der Waals surface area contributed by atoms with E-state index in [4.69, 9.17) is 0 Å². The molecule has 2 unspecified atom stereocenters. The summed E-state index contributed by atoms with van der Waals surface area (Å²) in [4.78, 5) is 23.9. The highest BCUT2D eigenvalue weighted by atomic mass is 16.1. The molecule has 1 aliphatic rings. The molecule has 0 aliphatic heterocycles. The van der Waals surface area contributed by atoms with Crippen molar-refractivity contribution in [1.82, 2.24) is 0 Å². The molecule has 0 bridgehead atoms. The van der Waals surface area contributed by atoms with Crippen LogP contribution in [0.15, 0.2) is 0 Å². The zero-order valence-electron chi connectivity index (χ0n) is 12.0. The van der Waals surface area contributed by atoms with Crippen LogP contribution in [0.2, 0.25) is 0 Å². The van der Waals surface area contributed by atoms with E-state index in [1.165, 1.54) is 19.3 Å². The number of carbonyl (C=O) groups excluding carboxylic acids is 2. The third-order valence-corrected chi connectivity index (χ3v) is 4.25. The van der Waals surface area contributed by atoms with Crippen molar-refractivity contribution in [2.75, 3.05) is 0 Å². The van der Waals surface area contributed by atoms with Gasteiger partial charge in [0.25, 0.3) is 0 Å². The second-order valence-electron chi connectivity index (χ2n) is 5.70. The predicted molar refractivity (Wildman–Crippen MR) is 74.5 cm³/mol. The molecule has 0 radical (unpaired) electrons. The molecule has 104 valence electrons. The molecule has 2 nitrogen and oxygen atoms in total. The molecule has 0 spiro atoms. The van der Waals surface area contributed by atoms with E-state index in [9.17, 15) is 9.59 Å². The molecular formula is C16H28O2. The van der Waals surface area contributed by atoms with Gasteiger partial charge in [0.1, 0.15) is 11.6 Å². The summed E-state index contributed by atoms with van der Waals surface area (Å²) in [6.07, 6.45) is 9.99. The van der Waals surface area contributed by atoms with Crippen LogP contribution in [-0.4, -0.2) is 11.6 Å². The summed E-state index contributed by atoms with van der Waals surface area (Å²) in [6, 6.07) is 0. The van der Waals surface area contributed by atoms with Crippen molar-refractivity contribution < 1.29 is 9.59 Å². The van der Waals surface area contributed by atoms with Crippen molar-refractivity contribution >= 4 is 11.6 Å². The van der Waals surface area contributed by atoms with Gasteiger partial charge < -0.3 is 0 Å². The Bertz CT molecular complexity index is 270. The van der Waals surface area contributed by atoms with E-state index >= 15 is 0 Å². The Labute approximate surface area is 112 Å². The number of ketones is 2. The highest BCUT2D eigenvalue weighted by molar-refractivity contribution is 6.02. The summed E-state index contributed by atoms with van der Waals surface area (Å²) >= 11 is 0. The van der Waals surface area contributed by atoms with Crippen molar-refractivity contribution in [3.63, 3.8) is 0 Å². The minimum atomic E-state index is -0.255. The third kappa shape index (κ3) is 4.91. The van der Waals surface area contributed by atoms with Gasteiger partial charge in [-0.25, -0.2) is 0 Å². The van der Waals surface area contributed by atoms with Crippen molar-refractivity contribution in [2.45, 2.75) is 78.1 Å². The average Bonchev–Trinajstić information content (AvgIpc) is 2.39. The first kappa shape index (κ1) is 15.4. The van der Waals surface area contributed by atoms with Crippen molar-refractivity contribution in [3.8, 4) is 0 Å². The first-order valence-electron chi connectivity index (χ1n) is 7.74. The summed E-state index contributed by atoms with van der Waals surface area (Å²) < 4.78 is 0. The highest BCUT2D eigenvalue weighted by Gasteiger charge is 2.32. The first-order chi connectivity index (χ1) is 8.69. The fourth-order valence-electron chi connectivity index (χ4n) is 2.86. The van der Waals surface area contributed by atoms with Gasteiger partial charge in [-0.3, -0.25) is 9.59 Å². The van der Waals surface area contributed by atoms with E-state index in [1.54, 1.807) is 0 Å². The van der Waals surface area contributed by atoms with Gasteiger partial charge in [0.05, 0.1) is 5.92 Å². The van der Waals surface area contributed by atoms with Crippen molar-refractivity contribution in [2.24, 2.45) is 11.8 Å². The molecule has 18 heavy (non-hydrogen) atoms. The molecule has 0 saturated heterocycles. The standard InChI is InChI=1S/C16H28O2/c1-3-5-6-7-8-9-15(17)14-12-13(4-2)10-11-16(14)18/h13-14H,3-12H2,1-2H3. The summed E-state index contributed by atoms with van der Waals surface area (Å²) in [5.41, 5.74) is 0. The lowest BCUT2D eigenvalue weighted by Crippen LogP contribution is -2.31. The average molecular weight is 252 g/mol. The van der Waals surface area contributed by atoms with E-state index in [2.05, 4.69) is 13.8 Å². The van der Waals surface area contributed by atoms with Gasteiger partial charge in [-0.1, -0.05) is 46.0 Å². The second kappa shape index (κ2) is 8.44. The van der Waals surface area contributed by atoms with Gasteiger partial charge in [-0.15, -0.1) is 0 Å². The topological polar surface area (TPSA) is 34.1 Å². The van der Waals surface area contributed by atoms with Gasteiger partial charge in [0.2, 0.25) is 0 Å². The quantitative estimate of drug-likeness (QED) is 0.476. The fourth-order valence-corrected chi connectivity index (χ4v) is 2.86. The maximum Gasteiger partial charge on any atom is 0.143 e. The van der Waals surface area contributed by atoms with Crippen molar-refractivity contribution in [3.05, 3.63) is 0 Å². The predicted octanol–water partition coefficient (Wildman–Crippen LogP) is 4.31. The van der Waals surface area contributed by atoms with Gasteiger partial charge in [-0.2, -0.15) is 0 Å². The van der Waals surface area contributed by atoms with Gasteiger partial charge in [0.15, 0.2) is 0 Å². The number of carbonyl (C=O) groups is 2. The lowest BCUT2D eigenvalue weighted by Gasteiger charge is -2.26. The molecule has 0 aromatic heterocycles. The van der Waals surface area contributed by atoms with Crippen LogP contribution in [0, 0.1) is 11.8 Å². The minimum Gasteiger partial charge on any atom is -0.299 e. The van der Waals surface area contributed by atoms with E-state index in [0.29, 0.717) is 18.8 Å². The van der Waals surface area contributed by atoms with Crippen LogP contribution in [0.1, 0.15) is 78.1 Å². The molecule has 0 heterocycles. The number of hydrogen-bond donors (Lipinski definition) is 0. The molecule has 0 aromatic carbocycles. The summed E-state index contributed by atoms with van der Waals surface area (Å²) in [5, 5.41) is 0. The summed E-state index contributed by atoms with van der Waals surface area (Å²) in [7, 11) is 0. The Morgan fingerprint density at radius 2 is 1.89 bits per heavy atom. The van der Waals surface area contributed by atoms with E-state index < -0.39 is 0 Å². The third-order valence-electron chi connectivity index (χ3n) is 4.25. The van der Waals surface area contributed by atoms with Gasteiger partial charge in [-0.05, 0) is 25.2 Å². The van der Waals surface area contributed by atoms with Crippen LogP contribution in [-0.2, 0) is 9.59 Å². The number of Topliss-reactive ketones (excluding diaryl/α,β-unsaturated/α-hetero) is 2. The highest BCUT2D eigenvalue weighted by Crippen LogP contribution is 2.30. The summed E-state index contributed by atoms with van der Waals surface area (Å²) in [5.74, 6) is 0.763. The molecule has 0 amide bonds. The molecule has 0 aromatic rings. The molecule has 1 rings (SSSR count). The van der Waals surface area contributed by atoms with Crippen LogP contribution in [0.25, 0.3) is 0 Å². The largest absolute Gasteiger partial charge is 0.299 e. The zero-order valence-corrected chi connectivity index (χ0v) is 12.0. The Morgan fingerprint density at radius 3 is 2.56 bits per heavy atom. The Hall–Kier alpha value is -0.660. The SMILES string of the molecule is CCCCCCCC(=O)C1CC(CC)CCC1=O. The van der Waals surface area contributed by atoms with Crippen LogP contribution < -0.4 is 0 Å². The van der Waals surface area contributed by atoms with E-state index in [1.807, 2.05) is 0 Å². The van der Waals surface area contributed by atoms with Crippen LogP contribution in [0.5, 0.6) is 0 Å². The maximum atomic E-state index is 12.1. The smallest absolute Gasteiger partial charge is 0.143 e. The first-order valence-corrected chi connectivity index (χ1v) is 7.74. The van der Waals surface area contributed by atoms with Crippen LogP contribution in [0.3, 0.4) is 0 Å². The molecule has 1 fully saturated rings. The molecule has 0 N–H and O–H groups in total. The normalized spacial score (nSPS) is 24.2. The van der Waals surface area contributed by atoms with Crippen LogP contribution >= 0.6 is 0 Å². The zero-order chi connectivity index (χ0) is 13.4. The Kier molecular flexibility index (Phi) is 7.22. The lowest BCUT2D eigenvalue weighted by molar-refractivity contribution is -0.135. The molecule has 2 atom stereocenters. The molecule has 1 saturated carbocycles. The van der Waals surface area contributed by atoms with E-state index in [-0.39, 0.29) is 17.5 Å². The Morgan fingerprint density at radius 1 is 1.17 bits per heavy atom. The van der Waals surface area contributed by atoms with Crippen LogP contribution in [0.4, 0.5) is 0 Å². The van der Waals surface area contributed by atoms with E-state index in [0.717, 1.165) is 32.1 Å². The maximum absolute atomic E-state index is 12.1. The summed E-state index contributed by atoms with van der Waals surface area (Å²) in [6.45, 7) is 4.35. The fraction of sp³-hybridized carbons (Fsp3) is 0.875.